The normalized spacial score (nSPS) is 15.8. The molecule has 0 spiro atoms. The molecule has 0 aliphatic carbocycles. The molecule has 0 saturated heterocycles. The van der Waals surface area contributed by atoms with Crippen LogP contribution in [0.2, 0.25) is 0 Å². The molecule has 0 bridgehead atoms. The van der Waals surface area contributed by atoms with Gasteiger partial charge >= 0.3 is 0 Å². The Bertz CT molecular complexity index is 810. The van der Waals surface area contributed by atoms with E-state index < -0.39 is 6.04 Å². The standard InChI is InChI=1S/C21H23N3O2/c1-3-23(4-2)12-13-24-20(15-22)19-14-17(10-11-18(19)21(24)25)26-16-8-6-5-7-9-16/h5-11,14,20H,3-4,12-13H2,1-2H3. The van der Waals surface area contributed by atoms with E-state index in [-0.39, 0.29) is 5.91 Å². The monoisotopic (exact) mass is 349 g/mol. The second kappa shape index (κ2) is 8.03. The number of carbonyl (C=O) groups excluding carboxylic acids is 1. The van der Waals surface area contributed by atoms with Crippen LogP contribution in [0.15, 0.2) is 48.5 Å². The molecule has 0 fully saturated rings. The Kier molecular flexibility index (Phi) is 5.55. The summed E-state index contributed by atoms with van der Waals surface area (Å²) in [5, 5.41) is 9.66. The molecular weight excluding hydrogens is 326 g/mol. The van der Waals surface area contributed by atoms with Crippen LogP contribution in [0.25, 0.3) is 0 Å². The van der Waals surface area contributed by atoms with Gasteiger partial charge in [0.2, 0.25) is 0 Å². The molecule has 5 nitrogen and oxygen atoms in total. The fraction of sp³-hybridized carbons (Fsp3) is 0.333. The van der Waals surface area contributed by atoms with Crippen molar-refractivity contribution in [2.45, 2.75) is 19.9 Å². The molecule has 1 amide bonds. The van der Waals surface area contributed by atoms with Crippen molar-refractivity contribution < 1.29 is 9.53 Å². The van der Waals surface area contributed by atoms with Crippen LogP contribution in [0.1, 0.15) is 35.8 Å². The Morgan fingerprint density at radius 3 is 2.50 bits per heavy atom. The van der Waals surface area contributed by atoms with E-state index in [0.29, 0.717) is 17.9 Å². The van der Waals surface area contributed by atoms with E-state index >= 15 is 0 Å². The van der Waals surface area contributed by atoms with Crippen molar-refractivity contribution in [2.75, 3.05) is 26.2 Å². The van der Waals surface area contributed by atoms with Gasteiger partial charge in [-0.05, 0) is 43.4 Å². The quantitative estimate of drug-likeness (QED) is 0.762. The van der Waals surface area contributed by atoms with E-state index in [4.69, 9.17) is 4.74 Å². The third-order valence-corrected chi connectivity index (χ3v) is 4.77. The summed E-state index contributed by atoms with van der Waals surface area (Å²) in [7, 11) is 0. The molecule has 2 aromatic carbocycles. The molecule has 1 atom stereocenters. The number of carbonyl (C=O) groups is 1. The van der Waals surface area contributed by atoms with E-state index in [0.717, 1.165) is 30.9 Å². The van der Waals surface area contributed by atoms with Gasteiger partial charge in [0.25, 0.3) is 5.91 Å². The molecule has 2 aromatic rings. The van der Waals surface area contributed by atoms with Gasteiger partial charge in [-0.3, -0.25) is 4.79 Å². The van der Waals surface area contributed by atoms with Crippen LogP contribution in [-0.4, -0.2) is 41.9 Å². The lowest BCUT2D eigenvalue weighted by atomic mass is 10.1. The Hall–Kier alpha value is -2.84. The number of likely N-dealkylation sites (N-methyl/N-ethyl adjacent to an activating group) is 1. The van der Waals surface area contributed by atoms with Crippen LogP contribution in [0.3, 0.4) is 0 Å². The number of fused-ring (bicyclic) bond motifs is 1. The summed E-state index contributed by atoms with van der Waals surface area (Å²) in [6, 6.07) is 16.5. The van der Waals surface area contributed by atoms with E-state index in [1.165, 1.54) is 0 Å². The SMILES string of the molecule is CCN(CC)CCN1C(=O)c2ccc(Oc3ccccc3)cc2C1C#N. The van der Waals surface area contributed by atoms with Gasteiger partial charge in [0.05, 0.1) is 6.07 Å². The average molecular weight is 349 g/mol. The first-order valence-electron chi connectivity index (χ1n) is 8.97. The topological polar surface area (TPSA) is 56.6 Å². The number of ether oxygens (including phenoxy) is 1. The fourth-order valence-electron chi connectivity index (χ4n) is 3.25. The number of nitrogens with zero attached hydrogens (tertiary/aromatic N) is 3. The molecule has 0 aromatic heterocycles. The van der Waals surface area contributed by atoms with Crippen molar-refractivity contribution >= 4 is 5.91 Å². The van der Waals surface area contributed by atoms with Gasteiger partial charge in [-0.2, -0.15) is 5.26 Å². The molecule has 1 aliphatic heterocycles. The molecule has 1 unspecified atom stereocenters. The lowest BCUT2D eigenvalue weighted by Crippen LogP contribution is -2.36. The van der Waals surface area contributed by atoms with Crippen LogP contribution in [0.5, 0.6) is 11.5 Å². The average Bonchev–Trinajstić information content (AvgIpc) is 2.94. The number of rotatable bonds is 7. The highest BCUT2D eigenvalue weighted by molar-refractivity contribution is 5.99. The molecule has 1 heterocycles. The molecule has 1 aliphatic rings. The molecule has 0 radical (unpaired) electrons. The number of hydrogen-bond acceptors (Lipinski definition) is 4. The van der Waals surface area contributed by atoms with E-state index in [2.05, 4.69) is 24.8 Å². The lowest BCUT2D eigenvalue weighted by molar-refractivity contribution is 0.0738. The zero-order chi connectivity index (χ0) is 18.5. The minimum absolute atomic E-state index is 0.0787. The minimum Gasteiger partial charge on any atom is -0.457 e. The second-order valence-electron chi connectivity index (χ2n) is 6.22. The van der Waals surface area contributed by atoms with Crippen molar-refractivity contribution in [3.63, 3.8) is 0 Å². The molecular formula is C21H23N3O2. The highest BCUT2D eigenvalue weighted by atomic mass is 16.5. The number of benzene rings is 2. The Morgan fingerprint density at radius 2 is 1.85 bits per heavy atom. The fourth-order valence-corrected chi connectivity index (χ4v) is 3.25. The van der Waals surface area contributed by atoms with Gasteiger partial charge in [0.15, 0.2) is 0 Å². The Balaban J connectivity index is 1.81. The zero-order valence-electron chi connectivity index (χ0n) is 15.2. The van der Waals surface area contributed by atoms with Gasteiger partial charge < -0.3 is 14.5 Å². The molecule has 3 rings (SSSR count). The Labute approximate surface area is 154 Å². The minimum atomic E-state index is -0.563. The maximum Gasteiger partial charge on any atom is 0.255 e. The first kappa shape index (κ1) is 18.0. The summed E-state index contributed by atoms with van der Waals surface area (Å²) in [4.78, 5) is 16.6. The van der Waals surface area contributed by atoms with Crippen molar-refractivity contribution in [3.05, 3.63) is 59.7 Å². The van der Waals surface area contributed by atoms with Crippen LogP contribution >= 0.6 is 0 Å². The maximum absolute atomic E-state index is 12.7. The molecule has 0 N–H and O–H groups in total. The van der Waals surface area contributed by atoms with Crippen LogP contribution < -0.4 is 4.74 Å². The van der Waals surface area contributed by atoms with Gasteiger partial charge in [-0.25, -0.2) is 0 Å². The molecule has 26 heavy (non-hydrogen) atoms. The van der Waals surface area contributed by atoms with Crippen LogP contribution in [-0.2, 0) is 0 Å². The smallest absolute Gasteiger partial charge is 0.255 e. The van der Waals surface area contributed by atoms with Crippen molar-refractivity contribution in [1.29, 1.82) is 5.26 Å². The third kappa shape index (κ3) is 3.56. The molecule has 134 valence electrons. The number of nitriles is 1. The summed E-state index contributed by atoms with van der Waals surface area (Å²) in [6.45, 7) is 7.36. The summed E-state index contributed by atoms with van der Waals surface area (Å²) in [5.41, 5.74) is 1.32. The summed E-state index contributed by atoms with van der Waals surface area (Å²) in [5.74, 6) is 1.28. The predicted octanol–water partition coefficient (Wildman–Crippen LogP) is 3.84. The van der Waals surface area contributed by atoms with Gasteiger partial charge in [0, 0.05) is 24.2 Å². The van der Waals surface area contributed by atoms with Crippen LogP contribution in [0, 0.1) is 11.3 Å². The van der Waals surface area contributed by atoms with Crippen molar-refractivity contribution in [2.24, 2.45) is 0 Å². The zero-order valence-corrected chi connectivity index (χ0v) is 15.2. The van der Waals surface area contributed by atoms with E-state index in [9.17, 15) is 10.1 Å². The summed E-state index contributed by atoms with van der Waals surface area (Å²) < 4.78 is 5.85. The Morgan fingerprint density at radius 1 is 1.12 bits per heavy atom. The first-order chi connectivity index (χ1) is 12.7. The second-order valence-corrected chi connectivity index (χ2v) is 6.22. The molecule has 0 saturated carbocycles. The maximum atomic E-state index is 12.7. The van der Waals surface area contributed by atoms with E-state index in [1.807, 2.05) is 36.4 Å². The summed E-state index contributed by atoms with van der Waals surface area (Å²) >= 11 is 0. The lowest BCUT2D eigenvalue weighted by Gasteiger charge is -2.25. The first-order valence-corrected chi connectivity index (χ1v) is 8.97. The van der Waals surface area contributed by atoms with E-state index in [1.54, 1.807) is 17.0 Å². The third-order valence-electron chi connectivity index (χ3n) is 4.77. The molecule has 5 heteroatoms. The number of para-hydroxylation sites is 1. The van der Waals surface area contributed by atoms with Gasteiger partial charge in [-0.15, -0.1) is 0 Å². The highest BCUT2D eigenvalue weighted by Gasteiger charge is 2.37. The highest BCUT2D eigenvalue weighted by Crippen LogP contribution is 2.36. The largest absolute Gasteiger partial charge is 0.457 e. The van der Waals surface area contributed by atoms with Crippen LogP contribution in [0.4, 0.5) is 0 Å². The number of amides is 1. The van der Waals surface area contributed by atoms with Crippen molar-refractivity contribution in [1.82, 2.24) is 9.80 Å². The predicted molar refractivity (Wildman–Crippen MR) is 100 cm³/mol. The number of hydrogen-bond donors (Lipinski definition) is 0. The summed E-state index contributed by atoms with van der Waals surface area (Å²) in [6.07, 6.45) is 0. The van der Waals surface area contributed by atoms with Gasteiger partial charge in [0.1, 0.15) is 17.5 Å². The van der Waals surface area contributed by atoms with Gasteiger partial charge in [-0.1, -0.05) is 32.0 Å². The van der Waals surface area contributed by atoms with Crippen molar-refractivity contribution in [3.8, 4) is 17.6 Å².